The van der Waals surface area contributed by atoms with Crippen LogP contribution in [0.15, 0.2) is 54.6 Å². The number of benzene rings is 2. The predicted octanol–water partition coefficient (Wildman–Crippen LogP) is 3.76. The molecule has 2 aromatic carbocycles. The van der Waals surface area contributed by atoms with Crippen molar-refractivity contribution in [3.63, 3.8) is 0 Å². The van der Waals surface area contributed by atoms with E-state index in [0.29, 0.717) is 5.69 Å². The molecule has 0 radical (unpaired) electrons. The van der Waals surface area contributed by atoms with E-state index >= 15 is 0 Å². The highest BCUT2D eigenvalue weighted by Crippen LogP contribution is 2.32. The second-order valence-corrected chi connectivity index (χ2v) is 5.37. The van der Waals surface area contributed by atoms with E-state index in [1.54, 1.807) is 6.07 Å². The lowest BCUT2D eigenvalue weighted by Gasteiger charge is -2.11. The lowest BCUT2D eigenvalue weighted by molar-refractivity contribution is -0.383. The molecule has 3 aromatic rings. The number of aryl methyl sites for hydroxylation is 1. The number of anilines is 5. The minimum absolute atomic E-state index is 0.0292. The molecule has 8 nitrogen and oxygen atoms in total. The third kappa shape index (κ3) is 3.81. The Bertz CT molecular complexity index is 914. The smallest absolute Gasteiger partial charge is 0.353 e. The van der Waals surface area contributed by atoms with Crippen molar-refractivity contribution < 1.29 is 4.92 Å². The minimum Gasteiger partial charge on any atom is -0.378 e. The van der Waals surface area contributed by atoms with Crippen molar-refractivity contribution >= 4 is 34.6 Å². The summed E-state index contributed by atoms with van der Waals surface area (Å²) in [7, 11) is 0. The molecule has 4 N–H and O–H groups in total. The SMILES string of the molecule is Cc1cccc(Nc2nc(Nc3ccccc3)nc(N)c2[N+](=O)[O-])c1. The molecule has 1 aromatic heterocycles. The first-order valence-electron chi connectivity index (χ1n) is 7.50. The number of nitrogens with two attached hydrogens (primary N) is 1. The van der Waals surface area contributed by atoms with Crippen LogP contribution in [0.3, 0.4) is 0 Å². The quantitative estimate of drug-likeness (QED) is 0.479. The number of nitrogens with one attached hydrogen (secondary N) is 2. The van der Waals surface area contributed by atoms with Gasteiger partial charge in [0.15, 0.2) is 0 Å². The van der Waals surface area contributed by atoms with Crippen molar-refractivity contribution in [1.29, 1.82) is 0 Å². The first-order valence-corrected chi connectivity index (χ1v) is 7.50. The maximum atomic E-state index is 11.4. The van der Waals surface area contributed by atoms with Crippen molar-refractivity contribution in [3.05, 3.63) is 70.3 Å². The summed E-state index contributed by atoms with van der Waals surface area (Å²) in [5.74, 6) is -0.0143. The van der Waals surface area contributed by atoms with Gasteiger partial charge in [-0.15, -0.1) is 0 Å². The molecule has 0 aliphatic carbocycles. The van der Waals surface area contributed by atoms with Gasteiger partial charge in [-0.05, 0) is 36.8 Å². The summed E-state index contributed by atoms with van der Waals surface area (Å²) in [6, 6.07) is 16.6. The fourth-order valence-corrected chi connectivity index (χ4v) is 2.31. The van der Waals surface area contributed by atoms with Gasteiger partial charge in [0.05, 0.1) is 4.92 Å². The van der Waals surface area contributed by atoms with E-state index in [0.717, 1.165) is 11.3 Å². The molecule has 0 amide bonds. The lowest BCUT2D eigenvalue weighted by Crippen LogP contribution is -2.08. The Kier molecular flexibility index (Phi) is 4.42. The third-order valence-corrected chi connectivity index (χ3v) is 3.40. The summed E-state index contributed by atoms with van der Waals surface area (Å²) in [5.41, 5.74) is 7.86. The molecule has 25 heavy (non-hydrogen) atoms. The molecule has 3 rings (SSSR count). The van der Waals surface area contributed by atoms with E-state index in [1.807, 2.05) is 55.5 Å². The van der Waals surface area contributed by atoms with E-state index in [-0.39, 0.29) is 23.3 Å². The van der Waals surface area contributed by atoms with Gasteiger partial charge in [0.2, 0.25) is 17.6 Å². The Balaban J connectivity index is 2.00. The molecule has 0 saturated carbocycles. The van der Waals surface area contributed by atoms with Crippen molar-refractivity contribution in [3.8, 4) is 0 Å². The van der Waals surface area contributed by atoms with Gasteiger partial charge in [-0.2, -0.15) is 9.97 Å². The van der Waals surface area contributed by atoms with E-state index in [4.69, 9.17) is 5.73 Å². The molecule has 1 heterocycles. The zero-order valence-corrected chi connectivity index (χ0v) is 13.4. The van der Waals surface area contributed by atoms with Crippen molar-refractivity contribution in [2.45, 2.75) is 6.92 Å². The molecule has 0 spiro atoms. The van der Waals surface area contributed by atoms with Gasteiger partial charge in [0.25, 0.3) is 0 Å². The van der Waals surface area contributed by atoms with Crippen LogP contribution in [0, 0.1) is 17.0 Å². The maximum Gasteiger partial charge on any atom is 0.353 e. The average Bonchev–Trinajstić information content (AvgIpc) is 2.55. The molecule has 0 atom stereocenters. The minimum atomic E-state index is -0.597. The number of nitrogen functional groups attached to an aromatic ring is 1. The second-order valence-electron chi connectivity index (χ2n) is 5.37. The second kappa shape index (κ2) is 6.83. The van der Waals surface area contributed by atoms with Crippen LogP contribution in [0.4, 0.5) is 34.6 Å². The van der Waals surface area contributed by atoms with E-state index in [2.05, 4.69) is 20.6 Å². The summed E-state index contributed by atoms with van der Waals surface area (Å²) < 4.78 is 0. The maximum absolute atomic E-state index is 11.4. The van der Waals surface area contributed by atoms with Crippen LogP contribution in [-0.2, 0) is 0 Å². The van der Waals surface area contributed by atoms with Crippen LogP contribution in [0.5, 0.6) is 0 Å². The highest BCUT2D eigenvalue weighted by molar-refractivity contribution is 5.75. The number of aromatic nitrogens is 2. The number of para-hydroxylation sites is 1. The fourth-order valence-electron chi connectivity index (χ4n) is 2.31. The zero-order valence-electron chi connectivity index (χ0n) is 13.4. The summed E-state index contributed by atoms with van der Waals surface area (Å²) in [4.78, 5) is 19.0. The Morgan fingerprint density at radius 1 is 1.00 bits per heavy atom. The largest absolute Gasteiger partial charge is 0.378 e. The molecular weight excluding hydrogens is 320 g/mol. The molecule has 0 saturated heterocycles. The van der Waals surface area contributed by atoms with Crippen LogP contribution in [-0.4, -0.2) is 14.9 Å². The molecule has 0 bridgehead atoms. The molecule has 0 aliphatic heterocycles. The number of nitro groups is 1. The number of nitrogens with zero attached hydrogens (tertiary/aromatic N) is 3. The van der Waals surface area contributed by atoms with Crippen molar-refractivity contribution in [2.75, 3.05) is 16.4 Å². The van der Waals surface area contributed by atoms with Crippen molar-refractivity contribution in [2.24, 2.45) is 0 Å². The normalized spacial score (nSPS) is 10.3. The topological polar surface area (TPSA) is 119 Å². The number of hydrogen-bond donors (Lipinski definition) is 3. The van der Waals surface area contributed by atoms with Gasteiger partial charge < -0.3 is 16.4 Å². The van der Waals surface area contributed by atoms with Crippen molar-refractivity contribution in [1.82, 2.24) is 9.97 Å². The first kappa shape index (κ1) is 16.2. The van der Waals surface area contributed by atoms with Gasteiger partial charge in [-0.25, -0.2) is 0 Å². The molecular formula is C17H16N6O2. The molecule has 0 fully saturated rings. The standard InChI is InChI=1S/C17H16N6O2/c1-11-6-5-9-13(10-11)19-16-14(23(24)25)15(18)21-17(22-16)20-12-7-3-2-4-8-12/h2-10H,1H3,(H4,18,19,20,21,22). The Morgan fingerprint density at radius 2 is 1.72 bits per heavy atom. The number of hydrogen-bond acceptors (Lipinski definition) is 7. The van der Waals surface area contributed by atoms with Crippen LogP contribution in [0.2, 0.25) is 0 Å². The first-order chi connectivity index (χ1) is 12.0. The van der Waals surface area contributed by atoms with Gasteiger partial charge in [-0.1, -0.05) is 30.3 Å². The Morgan fingerprint density at radius 3 is 2.40 bits per heavy atom. The summed E-state index contributed by atoms with van der Waals surface area (Å²) in [6.07, 6.45) is 0. The van der Waals surface area contributed by atoms with Gasteiger partial charge in [-0.3, -0.25) is 10.1 Å². The van der Waals surface area contributed by atoms with Crippen LogP contribution < -0.4 is 16.4 Å². The van der Waals surface area contributed by atoms with Gasteiger partial charge in [0.1, 0.15) is 0 Å². The molecule has 0 aliphatic rings. The fraction of sp³-hybridized carbons (Fsp3) is 0.0588. The highest BCUT2D eigenvalue weighted by Gasteiger charge is 2.23. The van der Waals surface area contributed by atoms with Crippen LogP contribution in [0.1, 0.15) is 5.56 Å². The predicted molar refractivity (Wildman–Crippen MR) is 97.3 cm³/mol. The summed E-state index contributed by atoms with van der Waals surface area (Å²) in [5, 5.41) is 17.3. The third-order valence-electron chi connectivity index (χ3n) is 3.40. The lowest BCUT2D eigenvalue weighted by atomic mass is 10.2. The van der Waals surface area contributed by atoms with Crippen LogP contribution in [0.25, 0.3) is 0 Å². The van der Waals surface area contributed by atoms with E-state index < -0.39 is 4.92 Å². The summed E-state index contributed by atoms with van der Waals surface area (Å²) >= 11 is 0. The van der Waals surface area contributed by atoms with Crippen LogP contribution >= 0.6 is 0 Å². The van der Waals surface area contributed by atoms with Gasteiger partial charge >= 0.3 is 5.69 Å². The average molecular weight is 336 g/mol. The molecule has 126 valence electrons. The van der Waals surface area contributed by atoms with E-state index in [1.165, 1.54) is 0 Å². The highest BCUT2D eigenvalue weighted by atomic mass is 16.6. The number of rotatable bonds is 5. The Hall–Kier alpha value is -3.68. The molecule has 8 heteroatoms. The monoisotopic (exact) mass is 336 g/mol. The van der Waals surface area contributed by atoms with E-state index in [9.17, 15) is 10.1 Å². The zero-order chi connectivity index (χ0) is 17.8. The molecule has 0 unspecified atom stereocenters. The Labute approximate surface area is 143 Å². The van der Waals surface area contributed by atoms with Gasteiger partial charge in [0, 0.05) is 11.4 Å². The summed E-state index contributed by atoms with van der Waals surface area (Å²) in [6.45, 7) is 1.93.